The van der Waals surface area contributed by atoms with Gasteiger partial charge in [0, 0.05) is 38.7 Å². The fourth-order valence-electron chi connectivity index (χ4n) is 3.57. The number of hydrogen-bond donors (Lipinski definition) is 1. The van der Waals surface area contributed by atoms with E-state index in [4.69, 9.17) is 4.74 Å². The van der Waals surface area contributed by atoms with E-state index < -0.39 is 0 Å². The van der Waals surface area contributed by atoms with Crippen LogP contribution in [-0.4, -0.2) is 62.1 Å². The molecule has 0 saturated carbocycles. The number of likely N-dealkylation sites (tertiary alicyclic amines) is 1. The number of piperidine rings is 1. The van der Waals surface area contributed by atoms with E-state index in [0.717, 1.165) is 16.9 Å². The van der Waals surface area contributed by atoms with Crippen LogP contribution in [0.2, 0.25) is 0 Å². The highest BCUT2D eigenvalue weighted by atomic mass is 16.5. The van der Waals surface area contributed by atoms with Crippen molar-refractivity contribution in [3.8, 4) is 16.9 Å². The molecule has 1 N–H and O–H groups in total. The van der Waals surface area contributed by atoms with Crippen LogP contribution in [0.25, 0.3) is 11.1 Å². The van der Waals surface area contributed by atoms with Crippen LogP contribution in [0, 0.1) is 5.92 Å². The summed E-state index contributed by atoms with van der Waals surface area (Å²) in [5.41, 5.74) is 2.13. The first kappa shape index (κ1) is 20.7. The monoisotopic (exact) mass is 395 g/mol. The lowest BCUT2D eigenvalue weighted by atomic mass is 9.96. The van der Waals surface area contributed by atoms with Crippen molar-refractivity contribution < 1.29 is 14.3 Å². The zero-order chi connectivity index (χ0) is 20.6. The molecule has 3 amide bonds. The highest BCUT2D eigenvalue weighted by Gasteiger charge is 2.27. The Morgan fingerprint density at radius 3 is 2.38 bits per heavy atom. The summed E-state index contributed by atoms with van der Waals surface area (Å²) in [6.07, 6.45) is 1.43. The second-order valence-corrected chi connectivity index (χ2v) is 7.44. The molecule has 0 aliphatic carbocycles. The SMILES string of the molecule is CN(C)C(=O)C1CCN(C(=O)NCCOc2ccccc2-c2ccccc2)CC1. The van der Waals surface area contributed by atoms with Gasteiger partial charge in [0.15, 0.2) is 0 Å². The Bertz CT molecular complexity index is 815. The molecule has 0 atom stereocenters. The number of urea groups is 1. The minimum Gasteiger partial charge on any atom is -0.491 e. The number of para-hydroxylation sites is 1. The third-order valence-corrected chi connectivity index (χ3v) is 5.18. The molecular weight excluding hydrogens is 366 g/mol. The predicted octanol–water partition coefficient (Wildman–Crippen LogP) is 3.24. The van der Waals surface area contributed by atoms with Gasteiger partial charge < -0.3 is 19.9 Å². The summed E-state index contributed by atoms with van der Waals surface area (Å²) >= 11 is 0. The molecule has 3 rings (SSSR count). The Labute approximate surface area is 172 Å². The second kappa shape index (κ2) is 9.96. The van der Waals surface area contributed by atoms with Gasteiger partial charge in [-0.05, 0) is 24.5 Å². The Morgan fingerprint density at radius 2 is 1.69 bits per heavy atom. The molecular formula is C23H29N3O3. The topological polar surface area (TPSA) is 61.9 Å². The molecule has 0 radical (unpaired) electrons. The van der Waals surface area contributed by atoms with Crippen LogP contribution in [0.3, 0.4) is 0 Å². The van der Waals surface area contributed by atoms with Gasteiger partial charge in [-0.2, -0.15) is 0 Å². The molecule has 0 unspecified atom stereocenters. The molecule has 29 heavy (non-hydrogen) atoms. The van der Waals surface area contributed by atoms with Gasteiger partial charge >= 0.3 is 6.03 Å². The van der Waals surface area contributed by atoms with E-state index in [2.05, 4.69) is 17.4 Å². The van der Waals surface area contributed by atoms with Gasteiger partial charge in [-0.15, -0.1) is 0 Å². The van der Waals surface area contributed by atoms with Gasteiger partial charge in [-0.25, -0.2) is 4.79 Å². The molecule has 6 heteroatoms. The summed E-state index contributed by atoms with van der Waals surface area (Å²) in [7, 11) is 3.55. The molecule has 0 spiro atoms. The summed E-state index contributed by atoms with van der Waals surface area (Å²) in [5, 5.41) is 2.92. The molecule has 1 aliphatic heterocycles. The summed E-state index contributed by atoms with van der Waals surface area (Å²) in [6.45, 7) is 2.03. The van der Waals surface area contributed by atoms with Gasteiger partial charge in [0.05, 0.1) is 6.54 Å². The third kappa shape index (κ3) is 5.50. The Balaban J connectivity index is 1.44. The van der Waals surface area contributed by atoms with Gasteiger partial charge in [0.2, 0.25) is 5.91 Å². The first-order valence-corrected chi connectivity index (χ1v) is 10.1. The van der Waals surface area contributed by atoms with Crippen molar-refractivity contribution in [2.75, 3.05) is 40.3 Å². The second-order valence-electron chi connectivity index (χ2n) is 7.44. The fourth-order valence-corrected chi connectivity index (χ4v) is 3.57. The molecule has 1 fully saturated rings. The molecule has 0 aromatic heterocycles. The number of nitrogens with one attached hydrogen (secondary N) is 1. The molecule has 2 aromatic rings. The van der Waals surface area contributed by atoms with Gasteiger partial charge in [-0.1, -0.05) is 48.5 Å². The summed E-state index contributed by atoms with van der Waals surface area (Å²) in [5.74, 6) is 0.971. The quantitative estimate of drug-likeness (QED) is 0.764. The molecule has 1 saturated heterocycles. The minimum atomic E-state index is -0.0966. The van der Waals surface area contributed by atoms with E-state index in [0.29, 0.717) is 39.1 Å². The van der Waals surface area contributed by atoms with Crippen LogP contribution in [0.1, 0.15) is 12.8 Å². The number of nitrogens with zero attached hydrogens (tertiary/aromatic N) is 2. The standard InChI is InChI=1S/C23H29N3O3/c1-25(2)22(27)19-12-15-26(16-13-19)23(28)24-14-17-29-21-11-7-6-10-20(21)18-8-4-3-5-9-18/h3-11,19H,12-17H2,1-2H3,(H,24,28). The van der Waals surface area contributed by atoms with Crippen LogP contribution in [0.5, 0.6) is 5.75 Å². The molecule has 154 valence electrons. The lowest BCUT2D eigenvalue weighted by molar-refractivity contribution is -0.134. The minimum absolute atomic E-state index is 0.0203. The van der Waals surface area contributed by atoms with Crippen LogP contribution >= 0.6 is 0 Å². The first-order valence-electron chi connectivity index (χ1n) is 10.1. The van der Waals surface area contributed by atoms with Crippen molar-refractivity contribution >= 4 is 11.9 Å². The Hall–Kier alpha value is -3.02. The molecule has 0 bridgehead atoms. The van der Waals surface area contributed by atoms with Gasteiger partial charge in [0.25, 0.3) is 0 Å². The van der Waals surface area contributed by atoms with Crippen molar-refractivity contribution in [1.82, 2.24) is 15.1 Å². The van der Waals surface area contributed by atoms with Crippen LogP contribution in [0.4, 0.5) is 4.79 Å². The van der Waals surface area contributed by atoms with Crippen LogP contribution in [0.15, 0.2) is 54.6 Å². The average molecular weight is 396 g/mol. The van der Waals surface area contributed by atoms with Crippen molar-refractivity contribution in [3.63, 3.8) is 0 Å². The van der Waals surface area contributed by atoms with E-state index in [9.17, 15) is 9.59 Å². The highest BCUT2D eigenvalue weighted by Crippen LogP contribution is 2.29. The summed E-state index contributed by atoms with van der Waals surface area (Å²) in [4.78, 5) is 27.8. The molecule has 1 heterocycles. The number of rotatable bonds is 6. The third-order valence-electron chi connectivity index (χ3n) is 5.18. The largest absolute Gasteiger partial charge is 0.491 e. The van der Waals surface area contributed by atoms with Crippen LogP contribution < -0.4 is 10.1 Å². The number of ether oxygens (including phenoxy) is 1. The smallest absolute Gasteiger partial charge is 0.317 e. The predicted molar refractivity (Wildman–Crippen MR) is 114 cm³/mol. The summed E-state index contributed by atoms with van der Waals surface area (Å²) in [6, 6.07) is 17.9. The van der Waals surface area contributed by atoms with Crippen molar-refractivity contribution in [2.24, 2.45) is 5.92 Å². The number of carbonyl (C=O) groups is 2. The lowest BCUT2D eigenvalue weighted by Crippen LogP contribution is -2.47. The first-order chi connectivity index (χ1) is 14.1. The molecule has 2 aromatic carbocycles. The fraction of sp³-hybridized carbons (Fsp3) is 0.391. The Morgan fingerprint density at radius 1 is 1.03 bits per heavy atom. The lowest BCUT2D eigenvalue weighted by Gasteiger charge is -2.32. The molecule has 6 nitrogen and oxygen atoms in total. The van der Waals surface area contributed by atoms with Crippen molar-refractivity contribution in [2.45, 2.75) is 12.8 Å². The maximum Gasteiger partial charge on any atom is 0.317 e. The zero-order valence-electron chi connectivity index (χ0n) is 17.1. The number of carbonyl (C=O) groups excluding carboxylic acids is 2. The maximum atomic E-state index is 12.4. The number of hydrogen-bond acceptors (Lipinski definition) is 3. The Kier molecular flexibility index (Phi) is 7.11. The van der Waals surface area contributed by atoms with Gasteiger partial charge in [0.1, 0.15) is 12.4 Å². The maximum absolute atomic E-state index is 12.4. The van der Waals surface area contributed by atoms with E-state index in [1.165, 1.54) is 0 Å². The van der Waals surface area contributed by atoms with Crippen LogP contribution in [-0.2, 0) is 4.79 Å². The van der Waals surface area contributed by atoms with Crippen molar-refractivity contribution in [3.05, 3.63) is 54.6 Å². The van der Waals surface area contributed by atoms with Gasteiger partial charge in [-0.3, -0.25) is 4.79 Å². The zero-order valence-corrected chi connectivity index (χ0v) is 17.1. The van der Waals surface area contributed by atoms with E-state index >= 15 is 0 Å². The van der Waals surface area contributed by atoms with Crippen molar-refractivity contribution in [1.29, 1.82) is 0 Å². The average Bonchev–Trinajstić information content (AvgIpc) is 2.77. The molecule has 1 aliphatic rings. The number of benzene rings is 2. The van der Waals surface area contributed by atoms with E-state index in [1.54, 1.807) is 23.9 Å². The normalized spacial score (nSPS) is 14.3. The summed E-state index contributed by atoms with van der Waals surface area (Å²) < 4.78 is 5.92. The van der Waals surface area contributed by atoms with E-state index in [1.807, 2.05) is 42.5 Å². The highest BCUT2D eigenvalue weighted by molar-refractivity contribution is 5.79. The van der Waals surface area contributed by atoms with E-state index in [-0.39, 0.29) is 17.9 Å². The number of amides is 3.